The molecule has 188 valence electrons. The molecule has 0 bridgehead atoms. The van der Waals surface area contributed by atoms with Crippen molar-refractivity contribution in [2.45, 2.75) is 11.1 Å². The van der Waals surface area contributed by atoms with Crippen LogP contribution < -0.4 is 9.46 Å². The molecule has 0 aliphatic rings. The first-order valence-electron chi connectivity index (χ1n) is 9.36. The number of nitrogens with zero attached hydrogens (tertiary/aromatic N) is 2. The fourth-order valence-corrected chi connectivity index (χ4v) is 5.91. The summed E-state index contributed by atoms with van der Waals surface area (Å²) in [5.74, 6) is -0.0672. The summed E-state index contributed by atoms with van der Waals surface area (Å²) in [4.78, 5) is 13.9. The van der Waals surface area contributed by atoms with Gasteiger partial charge in [-0.25, -0.2) is 13.4 Å². The fraction of sp³-hybridized carbons (Fsp3) is 0.0500. The summed E-state index contributed by atoms with van der Waals surface area (Å²) in [5.41, 5.74) is -1.06. The van der Waals surface area contributed by atoms with E-state index in [0.717, 1.165) is 29.5 Å². The maximum Gasteiger partial charge on any atom is 0.416 e. The second-order valence-electron chi connectivity index (χ2n) is 7.01. The molecule has 4 aromatic rings. The first-order valence-corrected chi connectivity index (χ1v) is 12.8. The molecule has 1 N–H and O–H groups in total. The van der Waals surface area contributed by atoms with Gasteiger partial charge in [-0.1, -0.05) is 46.1 Å². The van der Waals surface area contributed by atoms with Gasteiger partial charge < -0.3 is 4.74 Å². The van der Waals surface area contributed by atoms with E-state index in [4.69, 9.17) is 39.5 Å². The zero-order valence-electron chi connectivity index (χ0n) is 17.1. The van der Waals surface area contributed by atoms with Crippen molar-refractivity contribution in [1.29, 1.82) is 0 Å². The van der Waals surface area contributed by atoms with Gasteiger partial charge in [-0.2, -0.15) is 13.2 Å². The summed E-state index contributed by atoms with van der Waals surface area (Å²) in [6.45, 7) is 0. The third-order valence-electron chi connectivity index (χ3n) is 4.55. The minimum atomic E-state index is -4.70. The van der Waals surface area contributed by atoms with Gasteiger partial charge in [-0.15, -0.1) is 0 Å². The van der Waals surface area contributed by atoms with Gasteiger partial charge in [-0.3, -0.25) is 14.8 Å². The van der Waals surface area contributed by atoms with Crippen molar-refractivity contribution >= 4 is 77.8 Å². The number of benzene rings is 3. The number of nitro benzene ring substituents is 1. The van der Waals surface area contributed by atoms with Gasteiger partial charge in [0.25, 0.3) is 20.9 Å². The van der Waals surface area contributed by atoms with Gasteiger partial charge in [0.1, 0.15) is 4.90 Å². The third-order valence-corrected chi connectivity index (χ3v) is 7.89. The number of aromatic nitrogens is 1. The molecule has 0 saturated carbocycles. The Morgan fingerprint density at radius 1 is 1.00 bits per heavy atom. The van der Waals surface area contributed by atoms with Crippen LogP contribution in [0.4, 0.5) is 24.5 Å². The van der Waals surface area contributed by atoms with Gasteiger partial charge in [0.05, 0.1) is 41.5 Å². The van der Waals surface area contributed by atoms with Crippen LogP contribution in [-0.2, 0) is 16.2 Å². The molecular weight excluding hydrogens is 590 g/mol. The van der Waals surface area contributed by atoms with E-state index in [1.807, 2.05) is 0 Å². The van der Waals surface area contributed by atoms with Crippen LogP contribution >= 0.6 is 46.1 Å². The van der Waals surface area contributed by atoms with Crippen LogP contribution in [0.3, 0.4) is 0 Å². The second-order valence-corrected chi connectivity index (χ2v) is 10.9. The molecule has 1 aromatic heterocycles. The molecule has 8 nitrogen and oxygen atoms in total. The van der Waals surface area contributed by atoms with E-state index in [2.05, 4.69) is 9.71 Å². The third kappa shape index (κ3) is 5.44. The molecule has 0 aliphatic heterocycles. The molecule has 0 spiro atoms. The Kier molecular flexibility index (Phi) is 6.96. The van der Waals surface area contributed by atoms with Gasteiger partial charge >= 0.3 is 6.18 Å². The maximum atomic E-state index is 12.8. The van der Waals surface area contributed by atoms with Crippen molar-refractivity contribution in [2.75, 3.05) is 4.72 Å². The summed E-state index contributed by atoms with van der Waals surface area (Å²) < 4.78 is 72.3. The highest BCUT2D eigenvalue weighted by molar-refractivity contribution is 7.92. The Morgan fingerprint density at radius 2 is 1.67 bits per heavy atom. The average Bonchev–Trinajstić information content (AvgIpc) is 3.17. The number of ether oxygens (including phenoxy) is 1. The largest absolute Gasteiger partial charge is 0.428 e. The van der Waals surface area contributed by atoms with Gasteiger partial charge in [-0.05, 0) is 36.4 Å². The van der Waals surface area contributed by atoms with Crippen LogP contribution in [0.1, 0.15) is 5.56 Å². The Balaban J connectivity index is 1.59. The molecule has 4 rings (SSSR count). The van der Waals surface area contributed by atoms with E-state index in [1.54, 1.807) is 0 Å². The maximum absolute atomic E-state index is 12.8. The first kappa shape index (κ1) is 26.2. The van der Waals surface area contributed by atoms with E-state index >= 15 is 0 Å². The van der Waals surface area contributed by atoms with Crippen molar-refractivity contribution in [2.24, 2.45) is 0 Å². The van der Waals surface area contributed by atoms with Gasteiger partial charge in [0, 0.05) is 12.1 Å². The molecule has 0 unspecified atom stereocenters. The molecule has 0 amide bonds. The van der Waals surface area contributed by atoms with Crippen molar-refractivity contribution < 1.29 is 31.2 Å². The lowest BCUT2D eigenvalue weighted by molar-refractivity contribution is -0.384. The average molecular weight is 599 g/mol. The molecule has 36 heavy (non-hydrogen) atoms. The van der Waals surface area contributed by atoms with Crippen LogP contribution in [0.25, 0.3) is 10.2 Å². The first-order chi connectivity index (χ1) is 16.7. The van der Waals surface area contributed by atoms with Crippen LogP contribution in [0.15, 0.2) is 53.4 Å². The molecule has 0 fully saturated rings. The highest BCUT2D eigenvalue weighted by atomic mass is 35.5. The summed E-state index contributed by atoms with van der Waals surface area (Å²) in [6.07, 6.45) is -4.70. The Morgan fingerprint density at radius 3 is 2.25 bits per heavy atom. The molecule has 0 aliphatic carbocycles. The van der Waals surface area contributed by atoms with Crippen molar-refractivity contribution in [3.63, 3.8) is 0 Å². The Bertz CT molecular complexity index is 1610. The lowest BCUT2D eigenvalue weighted by Gasteiger charge is -2.14. The van der Waals surface area contributed by atoms with Crippen molar-refractivity contribution in [1.82, 2.24) is 4.98 Å². The number of rotatable bonds is 6. The number of sulfonamides is 1. The number of alkyl halides is 3. The predicted octanol–water partition coefficient (Wildman–Crippen LogP) is 7.78. The number of fused-ring (bicyclic) bond motifs is 1. The summed E-state index contributed by atoms with van der Waals surface area (Å²) in [5, 5.41) is 10.1. The smallest absolute Gasteiger partial charge is 0.416 e. The fourth-order valence-electron chi connectivity index (χ4n) is 2.96. The topological polar surface area (TPSA) is 111 Å². The number of nitrogens with one attached hydrogen (secondary N) is 1. The summed E-state index contributed by atoms with van der Waals surface area (Å²) >= 11 is 19.3. The summed E-state index contributed by atoms with van der Waals surface area (Å²) in [6, 6.07) is 8.23. The zero-order chi connectivity index (χ0) is 26.4. The van der Waals surface area contributed by atoms with Crippen LogP contribution in [-0.4, -0.2) is 18.3 Å². The Hall–Kier alpha value is -2.84. The van der Waals surface area contributed by atoms with E-state index in [0.29, 0.717) is 22.3 Å². The van der Waals surface area contributed by atoms with E-state index in [1.165, 1.54) is 18.2 Å². The monoisotopic (exact) mass is 597 g/mol. The predicted molar refractivity (Wildman–Crippen MR) is 130 cm³/mol. The van der Waals surface area contributed by atoms with Crippen LogP contribution in [0, 0.1) is 10.1 Å². The molecular formula is C20H9Cl3F3N3O5S2. The van der Waals surface area contributed by atoms with E-state index in [9.17, 15) is 31.7 Å². The number of thiazole rings is 1. The highest BCUT2D eigenvalue weighted by Crippen LogP contribution is 2.42. The number of anilines is 1. The quantitative estimate of drug-likeness (QED) is 0.179. The van der Waals surface area contributed by atoms with Crippen molar-refractivity contribution in [3.8, 4) is 10.9 Å². The summed E-state index contributed by atoms with van der Waals surface area (Å²) in [7, 11) is -4.41. The number of halogens is 6. The molecule has 1 heterocycles. The number of non-ortho nitro benzene ring substituents is 1. The highest BCUT2D eigenvalue weighted by Gasteiger charge is 2.32. The van der Waals surface area contributed by atoms with Crippen molar-refractivity contribution in [3.05, 3.63) is 79.3 Å². The van der Waals surface area contributed by atoms with Gasteiger partial charge in [0.15, 0.2) is 5.75 Å². The SMILES string of the molecule is O=[N+]([O-])c1ccc2sc(Oc3c(Cl)cc(NS(=O)(=O)c4ccc(C(F)(F)F)cc4Cl)cc3Cl)nc2c1. The Labute approximate surface area is 219 Å². The molecule has 0 saturated heterocycles. The molecule has 0 atom stereocenters. The van der Waals surface area contributed by atoms with Crippen LogP contribution in [0.2, 0.25) is 15.1 Å². The normalized spacial score (nSPS) is 12.1. The molecule has 3 aromatic carbocycles. The standard InChI is InChI=1S/C20H9Cl3F3N3O5S2/c21-12-5-9(20(24,25)26)1-4-17(12)36(32,33)28-10-6-13(22)18(14(23)7-10)34-19-27-15-8-11(29(30)31)2-3-16(15)35-19/h1-8,28H. The minimum Gasteiger partial charge on any atom is -0.428 e. The van der Waals surface area contributed by atoms with Gasteiger partial charge in [0.2, 0.25) is 0 Å². The van der Waals surface area contributed by atoms with E-state index < -0.39 is 36.6 Å². The second kappa shape index (κ2) is 9.56. The lowest BCUT2D eigenvalue weighted by Crippen LogP contribution is -2.14. The minimum absolute atomic E-state index is 0.0672. The lowest BCUT2D eigenvalue weighted by atomic mass is 10.2. The van der Waals surface area contributed by atoms with E-state index in [-0.39, 0.29) is 32.4 Å². The number of hydrogen-bond donors (Lipinski definition) is 1. The number of hydrogen-bond acceptors (Lipinski definition) is 7. The molecule has 0 radical (unpaired) electrons. The zero-order valence-corrected chi connectivity index (χ0v) is 21.0. The number of nitro groups is 1. The molecule has 16 heteroatoms. The van der Waals surface area contributed by atoms with Crippen LogP contribution in [0.5, 0.6) is 10.9 Å².